The van der Waals surface area contributed by atoms with Gasteiger partial charge in [0.25, 0.3) is 5.91 Å². The van der Waals surface area contributed by atoms with Crippen LogP contribution in [0, 0.1) is 12.8 Å². The van der Waals surface area contributed by atoms with Gasteiger partial charge in [0.15, 0.2) is 6.61 Å². The van der Waals surface area contributed by atoms with Crippen molar-refractivity contribution in [1.82, 2.24) is 4.98 Å². The van der Waals surface area contributed by atoms with E-state index in [0.717, 1.165) is 51.8 Å². The number of imide groups is 1. The average Bonchev–Trinajstić information content (AvgIpc) is 3.47. The molecule has 3 aromatic carbocycles. The molecule has 2 aliphatic rings. The Morgan fingerprint density at radius 2 is 1.82 bits per heavy atom. The molecule has 1 aromatic heterocycles. The van der Waals surface area contributed by atoms with Crippen LogP contribution in [0.1, 0.15) is 27.5 Å². The number of rotatable bonds is 6. The first-order valence-electron chi connectivity index (χ1n) is 13.1. The minimum atomic E-state index is -4.68. The van der Waals surface area contributed by atoms with Gasteiger partial charge in [-0.05, 0) is 55.0 Å². The molecular formula is C30H21BrF3N3O5S2. The van der Waals surface area contributed by atoms with Crippen molar-refractivity contribution in [2.75, 3.05) is 16.8 Å². The molecule has 3 amide bonds. The summed E-state index contributed by atoms with van der Waals surface area (Å²) in [5.41, 5.74) is 0.724. The minimum absolute atomic E-state index is 0.195. The van der Waals surface area contributed by atoms with Crippen LogP contribution in [0.2, 0.25) is 0 Å². The highest BCUT2D eigenvalue weighted by molar-refractivity contribution is 9.10. The number of halogens is 4. The van der Waals surface area contributed by atoms with E-state index in [1.807, 2.05) is 19.1 Å². The number of nitrogens with zero attached hydrogens (tertiary/aromatic N) is 1. The fourth-order valence-corrected chi connectivity index (χ4v) is 8.25. The molecule has 0 spiro atoms. The zero-order chi connectivity index (χ0) is 31.3. The van der Waals surface area contributed by atoms with Gasteiger partial charge in [-0.2, -0.15) is 13.2 Å². The molecule has 1 saturated heterocycles. The minimum Gasteiger partial charge on any atom is -0.483 e. The quantitative estimate of drug-likeness (QED) is 0.227. The maximum absolute atomic E-state index is 14.0. The topological polar surface area (TPSA) is 109 Å². The van der Waals surface area contributed by atoms with Crippen LogP contribution in [0.5, 0.6) is 5.75 Å². The normalized spacial score (nSPS) is 19.5. The van der Waals surface area contributed by atoms with Gasteiger partial charge < -0.3 is 15.0 Å². The standard InChI is InChI=1S/C30H21BrF3N3O5S2/c1-14-5-2-3-8-19(14)35-21(38)13-42-20-10-9-16(31)12-18(20)22-23-25(43-26-24(22)44-29(41)36-26)28(40)37(27(23)39)17-7-4-6-15(11-17)30(32,33)34/h2-12,22-23,25H,13H2,1H3,(H,35,38)(H,36,41)/t22-,23-,25+/m0/s1. The van der Waals surface area contributed by atoms with Crippen LogP contribution in [0.3, 0.4) is 0 Å². The second-order valence-electron chi connectivity index (χ2n) is 10.1. The van der Waals surface area contributed by atoms with E-state index in [0.29, 0.717) is 25.6 Å². The first-order valence-corrected chi connectivity index (χ1v) is 15.6. The largest absolute Gasteiger partial charge is 0.483 e. The van der Waals surface area contributed by atoms with Gasteiger partial charge in [0.1, 0.15) is 11.0 Å². The summed E-state index contributed by atoms with van der Waals surface area (Å²) >= 11 is 5.32. The Balaban J connectivity index is 1.37. The number of aromatic amines is 1. The van der Waals surface area contributed by atoms with Gasteiger partial charge in [-0.25, -0.2) is 4.90 Å². The molecule has 14 heteroatoms. The molecule has 0 radical (unpaired) electrons. The Hall–Kier alpha value is -3.88. The molecule has 0 saturated carbocycles. The molecule has 0 aliphatic carbocycles. The monoisotopic (exact) mass is 703 g/mol. The molecule has 226 valence electrons. The highest BCUT2D eigenvalue weighted by Gasteiger charge is 2.57. The van der Waals surface area contributed by atoms with Gasteiger partial charge in [0, 0.05) is 26.5 Å². The van der Waals surface area contributed by atoms with Gasteiger partial charge >= 0.3 is 11.0 Å². The molecule has 8 nitrogen and oxygen atoms in total. The summed E-state index contributed by atoms with van der Waals surface area (Å²) < 4.78 is 47.0. The number of alkyl halides is 3. The first kappa shape index (κ1) is 30.2. The van der Waals surface area contributed by atoms with E-state index < -0.39 is 51.4 Å². The molecule has 6 rings (SSSR count). The van der Waals surface area contributed by atoms with Crippen molar-refractivity contribution < 1.29 is 32.3 Å². The van der Waals surface area contributed by atoms with E-state index in [1.165, 1.54) is 6.07 Å². The fourth-order valence-electron chi connectivity index (χ4n) is 5.36. The number of thioether (sulfide) groups is 1. The number of para-hydroxylation sites is 1. The Bertz CT molecular complexity index is 1870. The lowest BCUT2D eigenvalue weighted by atomic mass is 9.82. The zero-order valence-electron chi connectivity index (χ0n) is 22.6. The summed E-state index contributed by atoms with van der Waals surface area (Å²) in [6.45, 7) is 1.47. The summed E-state index contributed by atoms with van der Waals surface area (Å²) in [5.74, 6) is -3.53. The second-order valence-corrected chi connectivity index (χ2v) is 13.2. The van der Waals surface area contributed by atoms with Crippen molar-refractivity contribution in [1.29, 1.82) is 0 Å². The SMILES string of the molecule is Cc1ccccc1NC(=O)COc1ccc(Br)cc1[C@@H]1c2sc(=O)[nH]c2S[C@H]2C(=O)N(c3cccc(C(F)(F)F)c3)C(=O)[C@@H]12. The fraction of sp³-hybridized carbons (Fsp3) is 0.200. The van der Waals surface area contributed by atoms with Crippen LogP contribution in [-0.2, 0) is 20.6 Å². The van der Waals surface area contributed by atoms with Gasteiger partial charge in [0.05, 0.1) is 22.2 Å². The number of aromatic nitrogens is 1. The molecule has 2 aliphatic heterocycles. The molecule has 0 unspecified atom stereocenters. The lowest BCUT2D eigenvalue weighted by Crippen LogP contribution is -2.32. The van der Waals surface area contributed by atoms with Crippen LogP contribution in [0.25, 0.3) is 0 Å². The Kier molecular flexibility index (Phi) is 7.92. The van der Waals surface area contributed by atoms with Gasteiger partial charge in [0.2, 0.25) is 11.8 Å². The summed E-state index contributed by atoms with van der Waals surface area (Å²) in [6.07, 6.45) is -4.68. The lowest BCUT2D eigenvalue weighted by Gasteiger charge is -2.31. The van der Waals surface area contributed by atoms with E-state index in [9.17, 15) is 32.3 Å². The summed E-state index contributed by atoms with van der Waals surface area (Å²) in [7, 11) is 0. The van der Waals surface area contributed by atoms with Crippen LogP contribution in [-0.4, -0.2) is 34.6 Å². The van der Waals surface area contributed by atoms with Crippen LogP contribution >= 0.6 is 39.0 Å². The third kappa shape index (κ3) is 5.57. The van der Waals surface area contributed by atoms with Crippen molar-refractivity contribution in [3.8, 4) is 5.75 Å². The number of benzene rings is 3. The van der Waals surface area contributed by atoms with Crippen LogP contribution in [0.4, 0.5) is 24.5 Å². The summed E-state index contributed by atoms with van der Waals surface area (Å²) in [6, 6.07) is 16.3. The number of fused-ring (bicyclic) bond motifs is 2. The predicted octanol–water partition coefficient (Wildman–Crippen LogP) is 6.34. The predicted molar refractivity (Wildman–Crippen MR) is 163 cm³/mol. The molecule has 3 atom stereocenters. The summed E-state index contributed by atoms with van der Waals surface area (Å²) in [5, 5.41) is 2.15. The molecule has 44 heavy (non-hydrogen) atoms. The van der Waals surface area contributed by atoms with E-state index in [-0.39, 0.29) is 18.0 Å². The smallest absolute Gasteiger partial charge is 0.416 e. The highest BCUT2D eigenvalue weighted by atomic mass is 79.9. The number of H-pyrrole nitrogens is 1. The van der Waals surface area contributed by atoms with Crippen molar-refractivity contribution in [3.05, 3.63) is 102 Å². The molecular weight excluding hydrogens is 683 g/mol. The van der Waals surface area contributed by atoms with Crippen LogP contribution < -0.4 is 19.8 Å². The van der Waals surface area contributed by atoms with E-state index >= 15 is 0 Å². The maximum atomic E-state index is 14.0. The molecule has 2 N–H and O–H groups in total. The number of ether oxygens (including phenoxy) is 1. The Morgan fingerprint density at radius 1 is 1.05 bits per heavy atom. The number of hydrogen-bond donors (Lipinski definition) is 2. The summed E-state index contributed by atoms with van der Waals surface area (Å²) in [4.78, 5) is 56.6. The number of amides is 3. The number of nitrogens with one attached hydrogen (secondary N) is 2. The number of aryl methyl sites for hydroxylation is 1. The number of carbonyl (C=O) groups is 3. The van der Waals surface area contributed by atoms with Gasteiger partial charge in [-0.1, -0.05) is 63.3 Å². The van der Waals surface area contributed by atoms with Crippen molar-refractivity contribution >= 4 is 68.1 Å². The maximum Gasteiger partial charge on any atom is 0.416 e. The molecule has 3 heterocycles. The van der Waals surface area contributed by atoms with E-state index in [4.69, 9.17) is 4.74 Å². The Morgan fingerprint density at radius 3 is 2.57 bits per heavy atom. The molecule has 4 aromatic rings. The first-order chi connectivity index (χ1) is 20.9. The number of thiazole rings is 1. The Labute approximate surface area is 264 Å². The van der Waals surface area contributed by atoms with Crippen molar-refractivity contribution in [2.45, 2.75) is 29.3 Å². The van der Waals surface area contributed by atoms with Gasteiger partial charge in [-0.3, -0.25) is 19.2 Å². The van der Waals surface area contributed by atoms with E-state index in [2.05, 4.69) is 26.2 Å². The molecule has 1 fully saturated rings. The second kappa shape index (κ2) is 11.6. The number of carbonyl (C=O) groups excluding carboxylic acids is 3. The third-order valence-corrected chi connectivity index (χ3v) is 10.2. The van der Waals surface area contributed by atoms with Gasteiger partial charge in [-0.15, -0.1) is 0 Å². The number of anilines is 2. The van der Waals surface area contributed by atoms with Crippen molar-refractivity contribution in [2.24, 2.45) is 5.92 Å². The third-order valence-electron chi connectivity index (χ3n) is 7.34. The number of hydrogen-bond acceptors (Lipinski definition) is 7. The highest BCUT2D eigenvalue weighted by Crippen LogP contribution is 2.55. The van der Waals surface area contributed by atoms with E-state index in [1.54, 1.807) is 30.3 Å². The molecule has 0 bridgehead atoms. The lowest BCUT2D eigenvalue weighted by molar-refractivity contribution is -0.137. The van der Waals surface area contributed by atoms with Crippen LogP contribution in [0.15, 0.2) is 81.0 Å². The average molecular weight is 705 g/mol. The van der Waals surface area contributed by atoms with Crippen molar-refractivity contribution in [3.63, 3.8) is 0 Å². The zero-order valence-corrected chi connectivity index (χ0v) is 25.8.